The number of methoxy groups -OCH3 is 1. The number of benzene rings is 1. The van der Waals surface area contributed by atoms with Gasteiger partial charge in [-0.15, -0.1) is 0 Å². The third-order valence-electron chi connectivity index (χ3n) is 4.73. The Bertz CT molecular complexity index is 873. The Morgan fingerprint density at radius 2 is 2.04 bits per heavy atom. The fourth-order valence-corrected chi connectivity index (χ4v) is 3.26. The van der Waals surface area contributed by atoms with E-state index >= 15 is 0 Å². The van der Waals surface area contributed by atoms with Crippen LogP contribution in [0.4, 0.5) is 5.69 Å². The Morgan fingerprint density at radius 3 is 2.68 bits per heavy atom. The molecule has 2 aliphatic heterocycles. The summed E-state index contributed by atoms with van der Waals surface area (Å²) in [6.07, 6.45) is 5.48. The number of rotatable bonds is 7. The molecule has 2 unspecified atom stereocenters. The lowest BCUT2D eigenvalue weighted by molar-refractivity contribution is -0.384. The topological polar surface area (TPSA) is 116 Å². The van der Waals surface area contributed by atoms with Crippen LogP contribution in [0.3, 0.4) is 0 Å². The van der Waals surface area contributed by atoms with Crippen molar-refractivity contribution in [1.29, 1.82) is 0 Å². The molecule has 28 heavy (non-hydrogen) atoms. The first-order valence-electron chi connectivity index (χ1n) is 8.60. The molecule has 0 aromatic heterocycles. The molecule has 3 rings (SSSR count). The second-order valence-corrected chi connectivity index (χ2v) is 6.37. The highest BCUT2D eigenvalue weighted by molar-refractivity contribution is 5.99. The van der Waals surface area contributed by atoms with Gasteiger partial charge < -0.3 is 14.4 Å². The number of carbonyl (C=O) groups is 3. The lowest BCUT2D eigenvalue weighted by Crippen LogP contribution is -2.58. The van der Waals surface area contributed by atoms with Crippen molar-refractivity contribution in [2.75, 3.05) is 7.11 Å². The first-order chi connectivity index (χ1) is 13.4. The van der Waals surface area contributed by atoms with Crippen molar-refractivity contribution in [2.45, 2.75) is 25.5 Å². The third kappa shape index (κ3) is 3.78. The number of fused-ring (bicyclic) bond motifs is 1. The number of nitrogens with zero attached hydrogens (tertiary/aromatic N) is 2. The van der Waals surface area contributed by atoms with E-state index in [9.17, 15) is 24.5 Å². The van der Waals surface area contributed by atoms with Crippen molar-refractivity contribution in [3.63, 3.8) is 0 Å². The van der Waals surface area contributed by atoms with Gasteiger partial charge in [-0.2, -0.15) is 0 Å². The zero-order valence-electron chi connectivity index (χ0n) is 15.1. The summed E-state index contributed by atoms with van der Waals surface area (Å²) in [5, 5.41) is 10.6. The Hall–Kier alpha value is -3.49. The second-order valence-electron chi connectivity index (χ2n) is 6.37. The van der Waals surface area contributed by atoms with E-state index < -0.39 is 16.9 Å². The summed E-state index contributed by atoms with van der Waals surface area (Å²) >= 11 is 0. The van der Waals surface area contributed by atoms with Gasteiger partial charge in [-0.25, -0.2) is 9.59 Å². The van der Waals surface area contributed by atoms with Crippen molar-refractivity contribution in [1.82, 2.24) is 4.90 Å². The van der Waals surface area contributed by atoms with Crippen molar-refractivity contribution < 1.29 is 28.8 Å². The second kappa shape index (κ2) is 8.03. The summed E-state index contributed by atoms with van der Waals surface area (Å²) in [5.41, 5.74) is 0.773. The molecule has 2 aliphatic rings. The van der Waals surface area contributed by atoms with Crippen molar-refractivity contribution in [2.24, 2.45) is 5.92 Å². The van der Waals surface area contributed by atoms with Gasteiger partial charge in [-0.05, 0) is 30.5 Å². The SMILES string of the molecule is COC(=O)C=CCC1C(=O)N2C(C(=O)OCc3ccc([N+](=O)[O-])cc3)=CCC12. The molecular formula is C19H18N2O7. The number of nitro benzene ring substituents is 1. The van der Waals surface area contributed by atoms with E-state index in [4.69, 9.17) is 4.74 Å². The van der Waals surface area contributed by atoms with Crippen molar-refractivity contribution in [3.8, 4) is 0 Å². The first-order valence-corrected chi connectivity index (χ1v) is 8.60. The number of β-lactam (4-membered cyclic amide) rings is 1. The third-order valence-corrected chi connectivity index (χ3v) is 4.73. The van der Waals surface area contributed by atoms with Gasteiger partial charge in [0.1, 0.15) is 12.3 Å². The molecule has 2 heterocycles. The normalized spacial score (nSPS) is 20.4. The van der Waals surface area contributed by atoms with Gasteiger partial charge in [0, 0.05) is 18.2 Å². The molecule has 9 heteroatoms. The number of ether oxygens (including phenoxy) is 2. The molecule has 2 atom stereocenters. The maximum atomic E-state index is 12.3. The lowest BCUT2D eigenvalue weighted by Gasteiger charge is -2.43. The van der Waals surface area contributed by atoms with Crippen LogP contribution in [0.1, 0.15) is 18.4 Å². The van der Waals surface area contributed by atoms with Crippen LogP contribution in [-0.4, -0.2) is 40.8 Å². The van der Waals surface area contributed by atoms with E-state index in [1.54, 1.807) is 12.2 Å². The van der Waals surface area contributed by atoms with Gasteiger partial charge in [-0.1, -0.05) is 12.2 Å². The molecule has 1 saturated heterocycles. The van der Waals surface area contributed by atoms with Gasteiger partial charge in [0.25, 0.3) is 5.69 Å². The van der Waals surface area contributed by atoms with Crippen molar-refractivity contribution >= 4 is 23.5 Å². The molecule has 0 N–H and O–H groups in total. The monoisotopic (exact) mass is 386 g/mol. The molecule has 0 radical (unpaired) electrons. The minimum absolute atomic E-state index is 0.0464. The highest BCUT2D eigenvalue weighted by Gasteiger charge is 2.52. The van der Waals surface area contributed by atoms with Gasteiger partial charge in [0.05, 0.1) is 24.0 Å². The molecule has 1 fully saturated rings. The number of amides is 1. The standard InChI is InChI=1S/C19H18N2O7/c1-27-17(22)4-2-3-14-15-9-10-16(20(15)18(14)23)19(24)28-11-12-5-7-13(8-6-12)21(25)26/h2,4-8,10,14-15H,3,9,11H2,1H3. The van der Waals surface area contributed by atoms with E-state index in [1.807, 2.05) is 0 Å². The van der Waals surface area contributed by atoms with E-state index in [0.29, 0.717) is 18.4 Å². The number of esters is 2. The largest absolute Gasteiger partial charge is 0.466 e. The Balaban J connectivity index is 1.52. The van der Waals surface area contributed by atoms with Crippen LogP contribution in [-0.2, 0) is 30.5 Å². The molecule has 1 aromatic carbocycles. The van der Waals surface area contributed by atoms with E-state index in [-0.39, 0.29) is 35.9 Å². The Labute approximate surface area is 160 Å². The minimum Gasteiger partial charge on any atom is -0.466 e. The summed E-state index contributed by atoms with van der Waals surface area (Å²) in [6.45, 7) is -0.0494. The van der Waals surface area contributed by atoms with Crippen LogP contribution < -0.4 is 0 Å². The summed E-state index contributed by atoms with van der Waals surface area (Å²) < 4.78 is 9.73. The number of hydrogen-bond acceptors (Lipinski definition) is 7. The maximum absolute atomic E-state index is 12.3. The predicted octanol–water partition coefficient (Wildman–Crippen LogP) is 1.87. The molecule has 0 saturated carbocycles. The summed E-state index contributed by atoms with van der Waals surface area (Å²) in [4.78, 5) is 47.3. The van der Waals surface area contributed by atoms with Crippen molar-refractivity contribution in [3.05, 3.63) is 63.9 Å². The molecule has 9 nitrogen and oxygen atoms in total. The number of hydrogen-bond donors (Lipinski definition) is 0. The lowest BCUT2D eigenvalue weighted by atomic mass is 9.85. The number of nitro groups is 1. The van der Waals surface area contributed by atoms with Crippen LogP contribution in [0.25, 0.3) is 0 Å². The molecule has 146 valence electrons. The average molecular weight is 386 g/mol. The van der Waals surface area contributed by atoms with E-state index in [2.05, 4.69) is 4.74 Å². The molecule has 0 aliphatic carbocycles. The maximum Gasteiger partial charge on any atom is 0.355 e. The van der Waals surface area contributed by atoms with Crippen LogP contribution in [0.5, 0.6) is 0 Å². The Kier molecular flexibility index (Phi) is 5.53. The van der Waals surface area contributed by atoms with Gasteiger partial charge in [-0.3, -0.25) is 14.9 Å². The van der Waals surface area contributed by atoms with E-state index in [0.717, 1.165) is 0 Å². The zero-order valence-corrected chi connectivity index (χ0v) is 15.1. The number of carbonyl (C=O) groups excluding carboxylic acids is 3. The smallest absolute Gasteiger partial charge is 0.355 e. The average Bonchev–Trinajstić information content (AvgIpc) is 3.09. The van der Waals surface area contributed by atoms with E-state index in [1.165, 1.54) is 42.4 Å². The number of non-ortho nitro benzene ring substituents is 1. The summed E-state index contributed by atoms with van der Waals surface area (Å²) in [5.74, 6) is -1.56. The van der Waals surface area contributed by atoms with Gasteiger partial charge in [0.15, 0.2) is 0 Å². The molecule has 0 bridgehead atoms. The molecule has 0 spiro atoms. The molecule has 1 amide bonds. The zero-order chi connectivity index (χ0) is 20.3. The molecule has 1 aromatic rings. The molecular weight excluding hydrogens is 368 g/mol. The number of allylic oxidation sites excluding steroid dienone is 1. The fourth-order valence-electron chi connectivity index (χ4n) is 3.26. The van der Waals surface area contributed by atoms with Crippen LogP contribution >= 0.6 is 0 Å². The quantitative estimate of drug-likeness (QED) is 0.231. The summed E-state index contributed by atoms with van der Waals surface area (Å²) in [7, 11) is 1.28. The van der Waals surface area contributed by atoms with Gasteiger partial charge in [0.2, 0.25) is 5.91 Å². The highest BCUT2D eigenvalue weighted by Crippen LogP contribution is 2.40. The Morgan fingerprint density at radius 1 is 1.32 bits per heavy atom. The van der Waals surface area contributed by atoms with Gasteiger partial charge >= 0.3 is 11.9 Å². The predicted molar refractivity (Wildman–Crippen MR) is 95.5 cm³/mol. The minimum atomic E-state index is -0.613. The fraction of sp³-hybridized carbons (Fsp3) is 0.316. The van der Waals surface area contributed by atoms with Crippen LogP contribution in [0.2, 0.25) is 0 Å². The highest BCUT2D eigenvalue weighted by atomic mass is 16.6. The summed E-state index contributed by atoms with van der Waals surface area (Å²) in [6, 6.07) is 5.57. The van der Waals surface area contributed by atoms with Crippen LogP contribution in [0.15, 0.2) is 48.2 Å². The first kappa shape index (κ1) is 19.3. The van der Waals surface area contributed by atoms with Crippen LogP contribution in [0, 0.1) is 16.0 Å².